The molecule has 5 nitrogen and oxygen atoms in total. The maximum atomic E-state index is 11.7. The number of nitrogens with zero attached hydrogens (tertiary/aromatic N) is 1. The van der Waals surface area contributed by atoms with Crippen LogP contribution in [0, 0.1) is 0 Å². The number of nitrogens with one attached hydrogen (secondary N) is 1. The van der Waals surface area contributed by atoms with E-state index in [1.807, 2.05) is 0 Å². The molecule has 0 saturated heterocycles. The Bertz CT molecular complexity index is 540. The molecule has 0 saturated carbocycles. The summed E-state index contributed by atoms with van der Waals surface area (Å²) >= 11 is 5.95. The fourth-order valence-electron chi connectivity index (χ4n) is 1.44. The minimum absolute atomic E-state index is 0.153. The van der Waals surface area contributed by atoms with E-state index in [9.17, 15) is 4.79 Å². The Kier molecular flexibility index (Phi) is 3.84. The van der Waals surface area contributed by atoms with Gasteiger partial charge in [0.2, 0.25) is 5.91 Å². The number of benzene rings is 1. The Morgan fingerprint density at radius 2 is 2.39 bits per heavy atom. The summed E-state index contributed by atoms with van der Waals surface area (Å²) in [4.78, 5) is 15.5. The highest BCUT2D eigenvalue weighted by Crippen LogP contribution is 2.27. The molecule has 1 aromatic heterocycles. The van der Waals surface area contributed by atoms with Crippen LogP contribution in [0.15, 0.2) is 35.3 Å². The molecule has 6 heteroatoms. The largest absolute Gasteiger partial charge is 0.495 e. The molecule has 0 aliphatic heterocycles. The van der Waals surface area contributed by atoms with Crippen molar-refractivity contribution >= 4 is 23.2 Å². The first-order valence-electron chi connectivity index (χ1n) is 5.19. The van der Waals surface area contributed by atoms with Crippen molar-refractivity contribution in [3.63, 3.8) is 0 Å². The van der Waals surface area contributed by atoms with Crippen LogP contribution in [0.1, 0.15) is 5.69 Å². The highest BCUT2D eigenvalue weighted by Gasteiger charge is 2.08. The fraction of sp³-hybridized carbons (Fsp3) is 0.167. The van der Waals surface area contributed by atoms with E-state index >= 15 is 0 Å². The number of carbonyl (C=O) groups is 1. The van der Waals surface area contributed by atoms with Crippen LogP contribution in [0.25, 0.3) is 0 Å². The summed E-state index contributed by atoms with van der Waals surface area (Å²) in [5.41, 5.74) is 1.18. The maximum absolute atomic E-state index is 11.7. The molecule has 0 radical (unpaired) electrons. The number of methoxy groups -OCH3 is 1. The summed E-state index contributed by atoms with van der Waals surface area (Å²) < 4.78 is 9.81. The van der Waals surface area contributed by atoms with Gasteiger partial charge in [-0.2, -0.15) is 0 Å². The van der Waals surface area contributed by atoms with Gasteiger partial charge in [-0.15, -0.1) is 0 Å². The average molecular weight is 267 g/mol. The number of amides is 1. The number of rotatable bonds is 4. The standard InChI is InChI=1S/C12H11ClN2O3/c1-17-11-3-2-8(4-10(11)13)15-12(16)5-9-6-18-7-14-9/h2-4,6-7H,5H2,1H3,(H,15,16). The van der Waals surface area contributed by atoms with Crippen LogP contribution >= 0.6 is 11.6 Å². The van der Waals surface area contributed by atoms with Gasteiger partial charge < -0.3 is 14.5 Å². The predicted molar refractivity (Wildman–Crippen MR) is 66.8 cm³/mol. The normalized spacial score (nSPS) is 10.1. The Balaban J connectivity index is 2.01. The van der Waals surface area contributed by atoms with Gasteiger partial charge in [-0.3, -0.25) is 4.79 Å². The van der Waals surface area contributed by atoms with Crippen LogP contribution in [0.4, 0.5) is 5.69 Å². The third kappa shape index (κ3) is 3.01. The van der Waals surface area contributed by atoms with Gasteiger partial charge in [-0.1, -0.05) is 11.6 Å². The Morgan fingerprint density at radius 1 is 1.56 bits per heavy atom. The summed E-state index contributed by atoms with van der Waals surface area (Å²) in [6, 6.07) is 5.03. The molecule has 1 N–H and O–H groups in total. The summed E-state index contributed by atoms with van der Waals surface area (Å²) in [5, 5.41) is 3.15. The van der Waals surface area contributed by atoms with Crippen molar-refractivity contribution in [3.8, 4) is 5.75 Å². The van der Waals surface area contributed by atoms with Crippen molar-refractivity contribution in [3.05, 3.63) is 41.6 Å². The van der Waals surface area contributed by atoms with Crippen molar-refractivity contribution in [2.75, 3.05) is 12.4 Å². The van der Waals surface area contributed by atoms with Crippen molar-refractivity contribution < 1.29 is 13.9 Å². The first-order chi connectivity index (χ1) is 8.69. The van der Waals surface area contributed by atoms with E-state index in [1.165, 1.54) is 19.8 Å². The summed E-state index contributed by atoms with van der Waals surface area (Å²) in [5.74, 6) is 0.372. The van der Waals surface area contributed by atoms with Crippen LogP contribution < -0.4 is 10.1 Å². The number of carbonyl (C=O) groups excluding carboxylic acids is 1. The highest BCUT2D eigenvalue weighted by atomic mass is 35.5. The molecular weight excluding hydrogens is 256 g/mol. The Morgan fingerprint density at radius 3 is 3.00 bits per heavy atom. The van der Waals surface area contributed by atoms with Gasteiger partial charge in [0.15, 0.2) is 6.39 Å². The van der Waals surface area contributed by atoms with E-state index in [0.29, 0.717) is 22.2 Å². The van der Waals surface area contributed by atoms with Crippen LogP contribution in [0.5, 0.6) is 5.75 Å². The lowest BCUT2D eigenvalue weighted by Gasteiger charge is -2.07. The number of aromatic nitrogens is 1. The first-order valence-corrected chi connectivity index (χ1v) is 5.57. The van der Waals surface area contributed by atoms with Gasteiger partial charge in [0.05, 0.1) is 24.2 Å². The van der Waals surface area contributed by atoms with Crippen molar-refractivity contribution in [2.24, 2.45) is 0 Å². The molecule has 0 aliphatic rings. The number of halogens is 1. The summed E-state index contributed by atoms with van der Waals surface area (Å²) in [6.45, 7) is 0. The van der Waals surface area contributed by atoms with E-state index in [4.69, 9.17) is 20.8 Å². The molecule has 0 atom stereocenters. The fourth-order valence-corrected chi connectivity index (χ4v) is 1.70. The lowest BCUT2D eigenvalue weighted by atomic mass is 10.2. The van der Waals surface area contributed by atoms with Gasteiger partial charge in [-0.25, -0.2) is 4.98 Å². The molecule has 0 spiro atoms. The van der Waals surface area contributed by atoms with Gasteiger partial charge in [0, 0.05) is 5.69 Å². The molecule has 1 aromatic carbocycles. The monoisotopic (exact) mass is 266 g/mol. The molecule has 2 rings (SSSR count). The zero-order valence-electron chi connectivity index (χ0n) is 9.64. The molecule has 94 valence electrons. The van der Waals surface area contributed by atoms with Crippen LogP contribution in [0.3, 0.4) is 0 Å². The van der Waals surface area contributed by atoms with E-state index in [-0.39, 0.29) is 12.3 Å². The summed E-state index contributed by atoms with van der Waals surface area (Å²) in [6.07, 6.45) is 2.87. The number of anilines is 1. The molecule has 2 aromatic rings. The van der Waals surface area contributed by atoms with E-state index < -0.39 is 0 Å². The van der Waals surface area contributed by atoms with Crippen molar-refractivity contribution in [1.29, 1.82) is 0 Å². The van der Waals surface area contributed by atoms with Gasteiger partial charge in [0.25, 0.3) is 0 Å². The van der Waals surface area contributed by atoms with E-state index in [2.05, 4.69) is 10.3 Å². The van der Waals surface area contributed by atoms with Gasteiger partial charge in [0.1, 0.15) is 12.0 Å². The number of ether oxygens (including phenoxy) is 1. The van der Waals surface area contributed by atoms with Crippen molar-refractivity contribution in [1.82, 2.24) is 4.98 Å². The average Bonchev–Trinajstić information content (AvgIpc) is 2.82. The molecule has 18 heavy (non-hydrogen) atoms. The lowest BCUT2D eigenvalue weighted by Crippen LogP contribution is -2.14. The van der Waals surface area contributed by atoms with Crippen LogP contribution in [0.2, 0.25) is 5.02 Å². The number of hydrogen-bond acceptors (Lipinski definition) is 4. The smallest absolute Gasteiger partial charge is 0.230 e. The zero-order valence-corrected chi connectivity index (χ0v) is 10.4. The second-order valence-electron chi connectivity index (χ2n) is 3.55. The molecule has 0 fully saturated rings. The van der Waals surface area contributed by atoms with Crippen LogP contribution in [-0.4, -0.2) is 18.0 Å². The molecular formula is C12H11ClN2O3. The van der Waals surface area contributed by atoms with E-state index in [1.54, 1.807) is 18.2 Å². The number of hydrogen-bond donors (Lipinski definition) is 1. The first kappa shape index (κ1) is 12.4. The summed E-state index contributed by atoms with van der Waals surface area (Å²) in [7, 11) is 1.53. The molecule has 1 heterocycles. The quantitative estimate of drug-likeness (QED) is 0.923. The Hall–Kier alpha value is -2.01. The minimum Gasteiger partial charge on any atom is -0.495 e. The topological polar surface area (TPSA) is 64.4 Å². The maximum Gasteiger partial charge on any atom is 0.230 e. The van der Waals surface area contributed by atoms with Gasteiger partial charge in [-0.05, 0) is 18.2 Å². The molecule has 0 aliphatic carbocycles. The SMILES string of the molecule is COc1ccc(NC(=O)Cc2cocn2)cc1Cl. The molecule has 1 amide bonds. The predicted octanol–water partition coefficient (Wildman–Crippen LogP) is 2.52. The Labute approximate surface area is 109 Å². The second kappa shape index (κ2) is 5.55. The third-order valence-corrected chi connectivity index (χ3v) is 2.56. The van der Waals surface area contributed by atoms with Gasteiger partial charge >= 0.3 is 0 Å². The minimum atomic E-state index is -0.190. The van der Waals surface area contributed by atoms with E-state index in [0.717, 1.165) is 0 Å². The second-order valence-corrected chi connectivity index (χ2v) is 3.96. The zero-order chi connectivity index (χ0) is 13.0. The number of oxazole rings is 1. The molecule has 0 bridgehead atoms. The van der Waals surface area contributed by atoms with Crippen LogP contribution in [-0.2, 0) is 11.2 Å². The molecule has 0 unspecified atom stereocenters. The highest BCUT2D eigenvalue weighted by molar-refractivity contribution is 6.32. The third-order valence-electron chi connectivity index (χ3n) is 2.26. The van der Waals surface area contributed by atoms with Crippen molar-refractivity contribution in [2.45, 2.75) is 6.42 Å². The lowest BCUT2D eigenvalue weighted by molar-refractivity contribution is -0.115.